The Morgan fingerprint density at radius 1 is 1.29 bits per heavy atom. The van der Waals surface area contributed by atoms with Gasteiger partial charge in [0.2, 0.25) is 0 Å². The summed E-state index contributed by atoms with van der Waals surface area (Å²) in [7, 11) is 1.67. The summed E-state index contributed by atoms with van der Waals surface area (Å²) in [5, 5.41) is 0. The first kappa shape index (κ1) is 14.9. The van der Waals surface area contributed by atoms with E-state index in [0.717, 1.165) is 13.0 Å². The van der Waals surface area contributed by atoms with Crippen LogP contribution in [0.3, 0.4) is 0 Å². The van der Waals surface area contributed by atoms with Gasteiger partial charge >= 0.3 is 0 Å². The molecule has 2 atom stereocenters. The van der Waals surface area contributed by atoms with Crippen LogP contribution in [0.2, 0.25) is 0 Å². The second kappa shape index (κ2) is 6.69. The van der Waals surface area contributed by atoms with Gasteiger partial charge < -0.3 is 9.47 Å². The van der Waals surface area contributed by atoms with Crippen LogP contribution in [0.5, 0.6) is 0 Å². The van der Waals surface area contributed by atoms with Gasteiger partial charge in [0.25, 0.3) is 0 Å². The van der Waals surface area contributed by atoms with Crippen LogP contribution in [0.15, 0.2) is 0 Å². The zero-order valence-corrected chi connectivity index (χ0v) is 11.8. The number of ether oxygens (including phenoxy) is 2. The highest BCUT2D eigenvalue weighted by molar-refractivity contribution is 5.01. The quantitative estimate of drug-likeness (QED) is 0.524. The smallest absolute Gasteiger partial charge is 0.0915 e. The lowest BCUT2D eigenvalue weighted by atomic mass is 9.65. The number of hydroxylamine groups is 1. The third-order valence-electron chi connectivity index (χ3n) is 3.42. The van der Waals surface area contributed by atoms with Crippen molar-refractivity contribution in [2.75, 3.05) is 26.9 Å². The molecule has 0 aliphatic heterocycles. The van der Waals surface area contributed by atoms with Crippen LogP contribution in [-0.4, -0.2) is 39.1 Å². The van der Waals surface area contributed by atoms with Crippen LogP contribution in [0.4, 0.5) is 0 Å². The van der Waals surface area contributed by atoms with Crippen LogP contribution in [0, 0.1) is 11.3 Å². The Morgan fingerprint density at radius 2 is 2.00 bits per heavy atom. The summed E-state index contributed by atoms with van der Waals surface area (Å²) >= 11 is 0. The largest absolute Gasteiger partial charge is 0.382 e. The van der Waals surface area contributed by atoms with E-state index in [4.69, 9.17) is 14.3 Å². The Labute approximate surface area is 105 Å². The normalized spacial score (nSPS) is 27.2. The molecule has 2 unspecified atom stereocenters. The highest BCUT2D eigenvalue weighted by Crippen LogP contribution is 2.42. The van der Waals surface area contributed by atoms with Gasteiger partial charge in [-0.05, 0) is 12.3 Å². The van der Waals surface area contributed by atoms with Crippen molar-refractivity contribution in [1.82, 2.24) is 5.48 Å². The fourth-order valence-electron chi connectivity index (χ4n) is 1.96. The summed E-state index contributed by atoms with van der Waals surface area (Å²) in [6, 6.07) is 0.372. The van der Waals surface area contributed by atoms with Crippen molar-refractivity contribution in [3.63, 3.8) is 0 Å². The minimum atomic E-state index is 0.141. The first-order valence-electron chi connectivity index (χ1n) is 6.46. The van der Waals surface area contributed by atoms with Crippen LogP contribution in [0.1, 0.15) is 34.1 Å². The Morgan fingerprint density at radius 3 is 2.53 bits per heavy atom. The van der Waals surface area contributed by atoms with Crippen molar-refractivity contribution in [3.8, 4) is 0 Å². The highest BCUT2D eigenvalue weighted by atomic mass is 16.7. The molecule has 0 amide bonds. The van der Waals surface area contributed by atoms with Gasteiger partial charge in [0.1, 0.15) is 0 Å². The summed E-state index contributed by atoms with van der Waals surface area (Å²) in [6.45, 7) is 10.8. The van der Waals surface area contributed by atoms with E-state index >= 15 is 0 Å². The Bertz CT molecular complexity index is 219. The molecular formula is C13H27NO3. The van der Waals surface area contributed by atoms with Crippen molar-refractivity contribution >= 4 is 0 Å². The van der Waals surface area contributed by atoms with Crippen LogP contribution in [-0.2, 0) is 14.3 Å². The van der Waals surface area contributed by atoms with Gasteiger partial charge in [0.15, 0.2) is 0 Å². The second-order valence-corrected chi connectivity index (χ2v) is 5.78. The topological polar surface area (TPSA) is 39.7 Å². The van der Waals surface area contributed by atoms with Gasteiger partial charge in [-0.1, -0.05) is 27.7 Å². The molecule has 1 N–H and O–H groups in total. The van der Waals surface area contributed by atoms with E-state index < -0.39 is 0 Å². The van der Waals surface area contributed by atoms with Gasteiger partial charge in [-0.2, -0.15) is 5.48 Å². The summed E-state index contributed by atoms with van der Waals surface area (Å²) < 4.78 is 10.8. The van der Waals surface area contributed by atoms with Gasteiger partial charge in [-0.3, -0.25) is 4.84 Å². The van der Waals surface area contributed by atoms with E-state index in [0.29, 0.717) is 31.3 Å². The van der Waals surface area contributed by atoms with E-state index in [1.165, 1.54) is 0 Å². The fourth-order valence-corrected chi connectivity index (χ4v) is 1.96. The predicted octanol–water partition coefficient (Wildman–Crippen LogP) is 1.99. The Balaban J connectivity index is 2.19. The number of rotatable bonds is 8. The zero-order valence-electron chi connectivity index (χ0n) is 11.8. The van der Waals surface area contributed by atoms with E-state index in [1.807, 2.05) is 0 Å². The third kappa shape index (κ3) is 4.21. The molecule has 4 nitrogen and oxygen atoms in total. The first-order valence-corrected chi connectivity index (χ1v) is 6.46. The van der Waals surface area contributed by atoms with Gasteiger partial charge in [0.05, 0.1) is 19.3 Å². The van der Waals surface area contributed by atoms with Crippen LogP contribution >= 0.6 is 0 Å². The maximum atomic E-state index is 5.89. The SMILES string of the molecule is COCCONC1CC(OCC(C)C)C1(C)C. The van der Waals surface area contributed by atoms with E-state index in [9.17, 15) is 0 Å². The average molecular weight is 245 g/mol. The first-order chi connectivity index (χ1) is 7.98. The minimum absolute atomic E-state index is 0.141. The molecule has 0 spiro atoms. The lowest BCUT2D eigenvalue weighted by molar-refractivity contribution is -0.163. The van der Waals surface area contributed by atoms with Crippen molar-refractivity contribution in [2.24, 2.45) is 11.3 Å². The summed E-state index contributed by atoms with van der Waals surface area (Å²) in [6.07, 6.45) is 1.36. The molecule has 17 heavy (non-hydrogen) atoms. The molecule has 1 rings (SSSR count). The van der Waals surface area contributed by atoms with E-state index in [-0.39, 0.29) is 5.41 Å². The van der Waals surface area contributed by atoms with Gasteiger partial charge in [0, 0.05) is 25.2 Å². The molecule has 4 heteroatoms. The van der Waals surface area contributed by atoms with Gasteiger partial charge in [-0.15, -0.1) is 0 Å². The average Bonchev–Trinajstić information content (AvgIpc) is 2.25. The monoisotopic (exact) mass is 245 g/mol. The summed E-state index contributed by atoms with van der Waals surface area (Å²) in [5.41, 5.74) is 3.24. The molecular weight excluding hydrogens is 218 g/mol. The van der Waals surface area contributed by atoms with Crippen LogP contribution < -0.4 is 5.48 Å². The number of hydrogen-bond donors (Lipinski definition) is 1. The number of methoxy groups -OCH3 is 1. The fraction of sp³-hybridized carbons (Fsp3) is 1.00. The standard InChI is InChI=1S/C13H27NO3/c1-10(2)9-16-12-8-11(13(12,3)4)14-17-7-6-15-5/h10-12,14H,6-9H2,1-5H3. The molecule has 0 aromatic heterocycles. The van der Waals surface area contributed by atoms with E-state index in [2.05, 4.69) is 33.2 Å². The molecule has 1 aliphatic rings. The summed E-state index contributed by atoms with van der Waals surface area (Å²) in [5.74, 6) is 0.593. The molecule has 0 saturated heterocycles. The molecule has 0 aromatic rings. The lowest BCUT2D eigenvalue weighted by Gasteiger charge is -2.51. The van der Waals surface area contributed by atoms with Crippen molar-refractivity contribution in [3.05, 3.63) is 0 Å². The maximum Gasteiger partial charge on any atom is 0.0915 e. The predicted molar refractivity (Wildman–Crippen MR) is 67.7 cm³/mol. The van der Waals surface area contributed by atoms with Crippen LogP contribution in [0.25, 0.3) is 0 Å². The summed E-state index contributed by atoms with van der Waals surface area (Å²) in [4.78, 5) is 5.36. The molecule has 1 saturated carbocycles. The van der Waals surface area contributed by atoms with E-state index in [1.54, 1.807) is 7.11 Å². The second-order valence-electron chi connectivity index (χ2n) is 5.78. The highest BCUT2D eigenvalue weighted by Gasteiger charge is 2.49. The molecule has 1 aliphatic carbocycles. The molecule has 0 radical (unpaired) electrons. The van der Waals surface area contributed by atoms with Crippen molar-refractivity contribution in [1.29, 1.82) is 0 Å². The third-order valence-corrected chi connectivity index (χ3v) is 3.42. The van der Waals surface area contributed by atoms with Crippen molar-refractivity contribution in [2.45, 2.75) is 46.3 Å². The van der Waals surface area contributed by atoms with Crippen molar-refractivity contribution < 1.29 is 14.3 Å². The molecule has 102 valence electrons. The number of hydrogen-bond acceptors (Lipinski definition) is 4. The molecule has 0 aromatic carbocycles. The lowest BCUT2D eigenvalue weighted by Crippen LogP contribution is -2.61. The number of nitrogens with one attached hydrogen (secondary N) is 1. The maximum absolute atomic E-state index is 5.89. The Hall–Kier alpha value is -0.160. The molecule has 0 heterocycles. The van der Waals surface area contributed by atoms with Gasteiger partial charge in [-0.25, -0.2) is 0 Å². The minimum Gasteiger partial charge on any atom is -0.382 e. The molecule has 0 bridgehead atoms. The Kier molecular flexibility index (Phi) is 5.86. The molecule has 1 fully saturated rings. The zero-order chi connectivity index (χ0) is 12.9.